The van der Waals surface area contributed by atoms with Crippen LogP contribution in [0.5, 0.6) is 5.75 Å². The van der Waals surface area contributed by atoms with Crippen LogP contribution in [0.4, 0.5) is 0 Å². The van der Waals surface area contributed by atoms with E-state index in [0.717, 1.165) is 16.8 Å². The van der Waals surface area contributed by atoms with Gasteiger partial charge in [0.25, 0.3) is 0 Å². The van der Waals surface area contributed by atoms with Gasteiger partial charge in [0.15, 0.2) is 0 Å². The zero-order chi connectivity index (χ0) is 27.0. The van der Waals surface area contributed by atoms with Gasteiger partial charge < -0.3 is 14.4 Å². The Morgan fingerprint density at radius 3 is 2.42 bits per heavy atom. The van der Waals surface area contributed by atoms with Gasteiger partial charge in [0, 0.05) is 28.3 Å². The smallest absolute Gasteiger partial charge is 0.340 e. The SMILES string of the molecule is CCOC(=O)c1c(CSc2c(C)cc(C)cc2C)n(Cc2cccc3ccccc23)c2cc(Br)c(O)cc12. The minimum absolute atomic E-state index is 0.0924. The second-order valence-corrected chi connectivity index (χ2v) is 11.4. The molecule has 0 bridgehead atoms. The third kappa shape index (κ3) is 4.95. The van der Waals surface area contributed by atoms with E-state index in [2.05, 4.69) is 89.8 Å². The van der Waals surface area contributed by atoms with Crippen LogP contribution < -0.4 is 0 Å². The van der Waals surface area contributed by atoms with Gasteiger partial charge in [-0.3, -0.25) is 0 Å². The first-order valence-electron chi connectivity index (χ1n) is 12.7. The summed E-state index contributed by atoms with van der Waals surface area (Å²) in [6.07, 6.45) is 0. The van der Waals surface area contributed by atoms with Crippen LogP contribution in [0.25, 0.3) is 21.7 Å². The summed E-state index contributed by atoms with van der Waals surface area (Å²) in [4.78, 5) is 14.6. The summed E-state index contributed by atoms with van der Waals surface area (Å²) >= 11 is 5.23. The molecule has 1 aromatic heterocycles. The van der Waals surface area contributed by atoms with E-state index in [1.165, 1.54) is 32.4 Å². The second kappa shape index (κ2) is 10.9. The number of fused-ring (bicyclic) bond motifs is 2. The van der Waals surface area contributed by atoms with Crippen molar-refractivity contribution < 1.29 is 14.6 Å². The highest BCUT2D eigenvalue weighted by atomic mass is 79.9. The number of halogens is 1. The maximum absolute atomic E-state index is 13.4. The molecule has 0 atom stereocenters. The highest BCUT2D eigenvalue weighted by Crippen LogP contribution is 2.39. The first-order chi connectivity index (χ1) is 18.3. The van der Waals surface area contributed by atoms with Crippen molar-refractivity contribution in [2.45, 2.75) is 44.9 Å². The Morgan fingerprint density at radius 1 is 0.974 bits per heavy atom. The van der Waals surface area contributed by atoms with Crippen molar-refractivity contribution in [1.29, 1.82) is 0 Å². The van der Waals surface area contributed by atoms with E-state index >= 15 is 0 Å². The fraction of sp³-hybridized carbons (Fsp3) is 0.219. The number of hydrogen-bond donors (Lipinski definition) is 1. The highest BCUT2D eigenvalue weighted by Gasteiger charge is 2.26. The van der Waals surface area contributed by atoms with E-state index in [4.69, 9.17) is 4.74 Å². The quantitative estimate of drug-likeness (QED) is 0.153. The van der Waals surface area contributed by atoms with Gasteiger partial charge in [0.2, 0.25) is 0 Å². The molecule has 0 aliphatic carbocycles. The number of phenols is 1. The summed E-state index contributed by atoms with van der Waals surface area (Å²) in [6, 6.07) is 22.6. The Hall–Kier alpha value is -3.22. The van der Waals surface area contributed by atoms with Crippen LogP contribution in [0, 0.1) is 20.8 Å². The third-order valence-corrected chi connectivity index (χ3v) is 8.87. The molecule has 1 N–H and O–H groups in total. The number of thioether (sulfide) groups is 1. The fourth-order valence-corrected chi connectivity index (χ4v) is 6.79. The summed E-state index contributed by atoms with van der Waals surface area (Å²) in [5.74, 6) is 0.301. The molecule has 1 heterocycles. The largest absolute Gasteiger partial charge is 0.507 e. The Labute approximate surface area is 235 Å². The number of aromatic hydroxyl groups is 1. The Balaban J connectivity index is 1.72. The van der Waals surface area contributed by atoms with Crippen molar-refractivity contribution in [1.82, 2.24) is 4.57 Å². The van der Waals surface area contributed by atoms with Gasteiger partial charge in [-0.05, 0) is 83.2 Å². The molecule has 38 heavy (non-hydrogen) atoms. The molecular weight excluding hydrogens is 558 g/mol. The number of rotatable bonds is 7. The number of phenolic OH excluding ortho intramolecular Hbond substituents is 1. The number of carbonyl (C=O) groups is 1. The molecule has 0 saturated carbocycles. The van der Waals surface area contributed by atoms with Gasteiger partial charge in [0.1, 0.15) is 5.75 Å². The molecule has 0 amide bonds. The summed E-state index contributed by atoms with van der Waals surface area (Å²) in [6.45, 7) is 9.05. The van der Waals surface area contributed by atoms with Crippen molar-refractivity contribution in [2.24, 2.45) is 0 Å². The van der Waals surface area contributed by atoms with Gasteiger partial charge in [-0.15, -0.1) is 11.8 Å². The predicted molar refractivity (Wildman–Crippen MR) is 161 cm³/mol. The Kier molecular flexibility index (Phi) is 7.55. The number of nitrogens with zero attached hydrogens (tertiary/aromatic N) is 1. The lowest BCUT2D eigenvalue weighted by Gasteiger charge is -2.16. The molecule has 4 nitrogen and oxygen atoms in total. The zero-order valence-corrected chi connectivity index (χ0v) is 24.4. The van der Waals surface area contributed by atoms with Crippen molar-refractivity contribution in [3.63, 3.8) is 0 Å². The summed E-state index contributed by atoms with van der Waals surface area (Å²) in [5, 5.41) is 13.6. The fourth-order valence-electron chi connectivity index (χ4n) is 5.31. The standard InChI is InChI=1S/C32H30BrNO3S/c1-5-37-32(36)30-25-15-29(35)26(33)16-27(25)34(17-23-11-8-10-22-9-6-7-12-24(22)23)28(30)18-38-31-20(3)13-19(2)14-21(31)4/h6-16,35H,5,17-18H2,1-4H3. The molecule has 0 radical (unpaired) electrons. The molecule has 0 unspecified atom stereocenters. The Bertz CT molecular complexity index is 1660. The molecule has 5 aromatic rings. The van der Waals surface area contributed by atoms with Gasteiger partial charge in [-0.1, -0.05) is 60.2 Å². The monoisotopic (exact) mass is 587 g/mol. The van der Waals surface area contributed by atoms with E-state index in [1.807, 2.05) is 19.1 Å². The number of hydrogen-bond acceptors (Lipinski definition) is 4. The number of benzene rings is 4. The molecular formula is C32H30BrNO3S. The molecule has 0 spiro atoms. The highest BCUT2D eigenvalue weighted by molar-refractivity contribution is 9.10. The zero-order valence-electron chi connectivity index (χ0n) is 22.0. The average Bonchev–Trinajstić information content (AvgIpc) is 3.16. The Morgan fingerprint density at radius 2 is 1.68 bits per heavy atom. The van der Waals surface area contributed by atoms with Crippen molar-refractivity contribution >= 4 is 55.3 Å². The lowest BCUT2D eigenvalue weighted by Crippen LogP contribution is -2.10. The van der Waals surface area contributed by atoms with Gasteiger partial charge in [-0.25, -0.2) is 4.79 Å². The maximum atomic E-state index is 13.4. The number of carbonyl (C=O) groups excluding carboxylic acids is 1. The summed E-state index contributed by atoms with van der Waals surface area (Å²) in [7, 11) is 0. The van der Waals surface area contributed by atoms with E-state index in [9.17, 15) is 9.90 Å². The molecule has 0 aliphatic rings. The minimum atomic E-state index is -0.371. The second-order valence-electron chi connectivity index (χ2n) is 9.60. The number of aryl methyl sites for hydroxylation is 3. The normalized spacial score (nSPS) is 11.4. The van der Waals surface area contributed by atoms with Crippen LogP contribution in [-0.2, 0) is 17.0 Å². The number of esters is 1. The van der Waals surface area contributed by atoms with E-state index in [-0.39, 0.29) is 18.3 Å². The van der Waals surface area contributed by atoms with Gasteiger partial charge in [0.05, 0.1) is 22.2 Å². The predicted octanol–water partition coefficient (Wildman–Crippen LogP) is 8.71. The van der Waals surface area contributed by atoms with Crippen LogP contribution in [0.3, 0.4) is 0 Å². The van der Waals surface area contributed by atoms with Gasteiger partial charge >= 0.3 is 5.97 Å². The lowest BCUT2D eigenvalue weighted by atomic mass is 10.0. The van der Waals surface area contributed by atoms with Crippen molar-refractivity contribution in [3.8, 4) is 5.75 Å². The first kappa shape index (κ1) is 26.4. The molecule has 0 fully saturated rings. The average molecular weight is 589 g/mol. The summed E-state index contributed by atoms with van der Waals surface area (Å²) in [5.41, 5.74) is 7.12. The van der Waals surface area contributed by atoms with Gasteiger partial charge in [-0.2, -0.15) is 0 Å². The van der Waals surface area contributed by atoms with E-state index in [1.54, 1.807) is 17.8 Å². The third-order valence-electron chi connectivity index (χ3n) is 6.89. The topological polar surface area (TPSA) is 51.5 Å². The van der Waals surface area contributed by atoms with Crippen molar-refractivity contribution in [3.05, 3.63) is 105 Å². The summed E-state index contributed by atoms with van der Waals surface area (Å²) < 4.78 is 8.33. The number of aromatic nitrogens is 1. The van der Waals surface area contributed by atoms with Crippen molar-refractivity contribution in [2.75, 3.05) is 6.61 Å². The molecule has 0 aliphatic heterocycles. The molecule has 6 heteroatoms. The number of ether oxygens (including phenoxy) is 1. The maximum Gasteiger partial charge on any atom is 0.340 e. The van der Waals surface area contributed by atoms with Crippen LogP contribution in [-0.4, -0.2) is 22.2 Å². The minimum Gasteiger partial charge on any atom is -0.507 e. The molecule has 0 saturated heterocycles. The molecule has 194 valence electrons. The molecule has 4 aromatic carbocycles. The first-order valence-corrected chi connectivity index (χ1v) is 14.4. The van der Waals surface area contributed by atoms with E-state index in [0.29, 0.717) is 27.7 Å². The molecule has 5 rings (SSSR count). The lowest BCUT2D eigenvalue weighted by molar-refractivity contribution is 0.0527. The van der Waals surface area contributed by atoms with E-state index < -0.39 is 0 Å². The van der Waals surface area contributed by atoms with Crippen LogP contribution >= 0.6 is 27.7 Å². The van der Waals surface area contributed by atoms with Crippen LogP contribution in [0.15, 0.2) is 76.1 Å². The van der Waals surface area contributed by atoms with Crippen LogP contribution in [0.1, 0.15) is 45.2 Å². The van der Waals surface area contributed by atoms with Crippen LogP contribution in [0.2, 0.25) is 0 Å².